The molecule has 0 fully saturated rings. The molecule has 4 heteroatoms. The number of aromatic hydroxyl groups is 2. The maximum atomic E-state index is 10.1. The van der Waals surface area contributed by atoms with Gasteiger partial charge in [0.2, 0.25) is 0 Å². The first-order chi connectivity index (χ1) is 10.1. The lowest BCUT2D eigenvalue weighted by molar-refractivity contribution is 0.172. The Labute approximate surface area is 123 Å². The minimum Gasteiger partial charge on any atom is -0.508 e. The molecule has 0 amide bonds. The third-order valence-corrected chi connectivity index (χ3v) is 3.96. The Morgan fingerprint density at radius 1 is 1.19 bits per heavy atom. The number of benzene rings is 2. The predicted molar refractivity (Wildman–Crippen MR) is 79.2 cm³/mol. The van der Waals surface area contributed by atoms with E-state index in [1.165, 1.54) is 0 Å². The molecule has 0 radical (unpaired) electrons. The molecule has 1 aliphatic heterocycles. The second-order valence-electron chi connectivity index (χ2n) is 5.27. The number of rotatable bonds is 2. The maximum absolute atomic E-state index is 10.1. The number of ether oxygens (including phenoxy) is 2. The van der Waals surface area contributed by atoms with Gasteiger partial charge in [-0.15, -0.1) is 0 Å². The molecule has 0 unspecified atom stereocenters. The summed E-state index contributed by atoms with van der Waals surface area (Å²) in [7, 11) is 1.58. The minimum absolute atomic E-state index is 0.0803. The van der Waals surface area contributed by atoms with E-state index in [2.05, 4.69) is 0 Å². The maximum Gasteiger partial charge on any atom is 0.133 e. The van der Waals surface area contributed by atoms with Gasteiger partial charge in [-0.25, -0.2) is 0 Å². The highest BCUT2D eigenvalue weighted by Gasteiger charge is 2.26. The lowest BCUT2D eigenvalue weighted by Crippen LogP contribution is -2.16. The number of phenols is 2. The molecule has 1 atom stereocenters. The zero-order valence-corrected chi connectivity index (χ0v) is 12.1. The van der Waals surface area contributed by atoms with E-state index in [9.17, 15) is 10.2 Å². The quantitative estimate of drug-likeness (QED) is 0.887. The molecule has 2 aromatic carbocycles. The van der Waals surface area contributed by atoms with E-state index in [4.69, 9.17) is 9.47 Å². The van der Waals surface area contributed by atoms with Crippen molar-refractivity contribution in [3.8, 4) is 23.0 Å². The van der Waals surface area contributed by atoms with Crippen molar-refractivity contribution in [2.45, 2.75) is 25.9 Å². The molecule has 0 saturated heterocycles. The molecule has 21 heavy (non-hydrogen) atoms. The van der Waals surface area contributed by atoms with Crippen molar-refractivity contribution >= 4 is 0 Å². The fraction of sp³-hybridized carbons (Fsp3) is 0.294. The summed E-state index contributed by atoms with van der Waals surface area (Å²) in [6.07, 6.45) is 1.46. The standard InChI is InChI=1S/C17H18O4/c1-10-16(20-2)9-14(19)13-7-8-15(21-17(10)13)11-3-5-12(18)6-4-11/h3-6,9,15,18-19H,7-8H2,1-2H3/t15-/m1/s1. The number of phenolic OH excluding ortho intramolecular Hbond substituents is 2. The Morgan fingerprint density at radius 3 is 2.57 bits per heavy atom. The Kier molecular flexibility index (Phi) is 3.37. The van der Waals surface area contributed by atoms with Crippen molar-refractivity contribution in [1.82, 2.24) is 0 Å². The average Bonchev–Trinajstić information content (AvgIpc) is 2.51. The van der Waals surface area contributed by atoms with Crippen molar-refractivity contribution in [3.63, 3.8) is 0 Å². The van der Waals surface area contributed by atoms with Crippen molar-refractivity contribution < 1.29 is 19.7 Å². The summed E-state index contributed by atoms with van der Waals surface area (Å²) in [6, 6.07) is 8.67. The fourth-order valence-corrected chi connectivity index (χ4v) is 2.79. The molecule has 0 aromatic heterocycles. The summed E-state index contributed by atoms with van der Waals surface area (Å²) in [5.74, 6) is 1.79. The summed E-state index contributed by atoms with van der Waals surface area (Å²) >= 11 is 0. The van der Waals surface area contributed by atoms with Crippen LogP contribution in [-0.2, 0) is 6.42 Å². The highest BCUT2D eigenvalue weighted by molar-refractivity contribution is 5.57. The Balaban J connectivity index is 1.98. The molecule has 1 heterocycles. The van der Waals surface area contributed by atoms with E-state index in [0.29, 0.717) is 11.5 Å². The topological polar surface area (TPSA) is 58.9 Å². The molecule has 0 spiro atoms. The van der Waals surface area contributed by atoms with Gasteiger partial charge in [0.05, 0.1) is 7.11 Å². The molecule has 2 N–H and O–H groups in total. The monoisotopic (exact) mass is 286 g/mol. The molecular weight excluding hydrogens is 268 g/mol. The van der Waals surface area contributed by atoms with Crippen LogP contribution < -0.4 is 9.47 Å². The van der Waals surface area contributed by atoms with Gasteiger partial charge in [0, 0.05) is 17.2 Å². The SMILES string of the molecule is COc1cc(O)c2c(c1C)O[C@@H](c1ccc(O)cc1)CC2. The van der Waals surface area contributed by atoms with Gasteiger partial charge in [-0.05, 0) is 37.5 Å². The highest BCUT2D eigenvalue weighted by atomic mass is 16.5. The Bertz CT molecular complexity index is 661. The van der Waals surface area contributed by atoms with Crippen molar-refractivity contribution in [3.05, 3.63) is 47.0 Å². The van der Waals surface area contributed by atoms with Gasteiger partial charge >= 0.3 is 0 Å². The molecule has 2 aromatic rings. The average molecular weight is 286 g/mol. The first kappa shape index (κ1) is 13.6. The third-order valence-electron chi connectivity index (χ3n) is 3.96. The predicted octanol–water partition coefficient (Wildman–Crippen LogP) is 3.48. The molecule has 4 nitrogen and oxygen atoms in total. The van der Waals surface area contributed by atoms with Crippen LogP contribution in [0.5, 0.6) is 23.0 Å². The van der Waals surface area contributed by atoms with Crippen LogP contribution in [0.2, 0.25) is 0 Å². The molecule has 0 aliphatic carbocycles. The summed E-state index contributed by atoms with van der Waals surface area (Å²) in [5, 5.41) is 19.5. The number of fused-ring (bicyclic) bond motifs is 1. The van der Waals surface area contributed by atoms with Gasteiger partial charge < -0.3 is 19.7 Å². The lowest BCUT2D eigenvalue weighted by atomic mass is 9.94. The molecule has 0 bridgehead atoms. The summed E-state index contributed by atoms with van der Waals surface area (Å²) in [5.41, 5.74) is 2.75. The van der Waals surface area contributed by atoms with Crippen LogP contribution in [0.25, 0.3) is 0 Å². The number of methoxy groups -OCH3 is 1. The number of hydrogen-bond donors (Lipinski definition) is 2. The highest BCUT2D eigenvalue weighted by Crippen LogP contribution is 2.45. The zero-order chi connectivity index (χ0) is 15.0. The van der Waals surface area contributed by atoms with Gasteiger partial charge in [-0.3, -0.25) is 0 Å². The molecular formula is C17H18O4. The first-order valence-electron chi connectivity index (χ1n) is 6.95. The largest absolute Gasteiger partial charge is 0.508 e. The zero-order valence-electron chi connectivity index (χ0n) is 12.1. The summed E-state index contributed by atoms with van der Waals surface area (Å²) in [6.45, 7) is 1.93. The Morgan fingerprint density at radius 2 is 1.90 bits per heavy atom. The van der Waals surface area contributed by atoms with Crippen LogP contribution in [0.1, 0.15) is 29.2 Å². The van der Waals surface area contributed by atoms with Crippen molar-refractivity contribution in [1.29, 1.82) is 0 Å². The normalized spacial score (nSPS) is 17.0. The molecule has 110 valence electrons. The summed E-state index contributed by atoms with van der Waals surface area (Å²) < 4.78 is 11.4. The van der Waals surface area contributed by atoms with E-state index in [-0.39, 0.29) is 17.6 Å². The smallest absolute Gasteiger partial charge is 0.133 e. The van der Waals surface area contributed by atoms with Crippen molar-refractivity contribution in [2.75, 3.05) is 7.11 Å². The van der Waals surface area contributed by atoms with Gasteiger partial charge in [0.25, 0.3) is 0 Å². The Hall–Kier alpha value is -2.36. The summed E-state index contributed by atoms with van der Waals surface area (Å²) in [4.78, 5) is 0. The molecule has 3 rings (SSSR count). The van der Waals surface area contributed by atoms with E-state index >= 15 is 0 Å². The van der Waals surface area contributed by atoms with Gasteiger partial charge in [-0.2, -0.15) is 0 Å². The van der Waals surface area contributed by atoms with Crippen LogP contribution in [0.15, 0.2) is 30.3 Å². The molecule has 0 saturated carbocycles. The van der Waals surface area contributed by atoms with Gasteiger partial charge in [0.15, 0.2) is 0 Å². The van der Waals surface area contributed by atoms with E-state index in [1.54, 1.807) is 25.3 Å². The first-order valence-corrected chi connectivity index (χ1v) is 6.95. The van der Waals surface area contributed by atoms with Crippen LogP contribution in [0, 0.1) is 6.92 Å². The van der Waals surface area contributed by atoms with Gasteiger partial charge in [0.1, 0.15) is 29.1 Å². The van der Waals surface area contributed by atoms with Crippen LogP contribution in [0.3, 0.4) is 0 Å². The minimum atomic E-state index is -0.0803. The van der Waals surface area contributed by atoms with E-state index in [0.717, 1.165) is 29.5 Å². The third kappa shape index (κ3) is 2.37. The van der Waals surface area contributed by atoms with Gasteiger partial charge in [-0.1, -0.05) is 12.1 Å². The van der Waals surface area contributed by atoms with Crippen LogP contribution in [-0.4, -0.2) is 17.3 Å². The number of hydrogen-bond acceptors (Lipinski definition) is 4. The lowest BCUT2D eigenvalue weighted by Gasteiger charge is -2.29. The second-order valence-corrected chi connectivity index (χ2v) is 5.27. The van der Waals surface area contributed by atoms with E-state index < -0.39 is 0 Å². The second kappa shape index (κ2) is 5.20. The van der Waals surface area contributed by atoms with Crippen LogP contribution in [0.4, 0.5) is 0 Å². The molecule has 1 aliphatic rings. The van der Waals surface area contributed by atoms with E-state index in [1.807, 2.05) is 19.1 Å². The fourth-order valence-electron chi connectivity index (χ4n) is 2.79. The van der Waals surface area contributed by atoms with Crippen LogP contribution >= 0.6 is 0 Å². The van der Waals surface area contributed by atoms with Crippen molar-refractivity contribution in [2.24, 2.45) is 0 Å².